The van der Waals surface area contributed by atoms with Crippen molar-refractivity contribution in [3.05, 3.63) is 66.2 Å². The van der Waals surface area contributed by atoms with Gasteiger partial charge in [-0.25, -0.2) is 4.99 Å². The fourth-order valence-electron chi connectivity index (χ4n) is 3.73. The first kappa shape index (κ1) is 19.1. The Labute approximate surface area is 170 Å². The van der Waals surface area contributed by atoms with Crippen LogP contribution in [0, 0.1) is 0 Å². The number of carbonyl (C=O) groups is 2. The molecule has 0 bridgehead atoms. The predicted molar refractivity (Wildman–Crippen MR) is 111 cm³/mol. The molecule has 29 heavy (non-hydrogen) atoms. The molecule has 0 aromatic heterocycles. The predicted octanol–water partition coefficient (Wildman–Crippen LogP) is 0.270. The SMILES string of the molecule is O=C1C[C@@H](C(=O)Nc2ccccc2)N=C(N2CC[NH+](Cc3ccccc3)CC2)N1. The molecule has 0 radical (unpaired) electrons. The van der Waals surface area contributed by atoms with Gasteiger partial charge in [-0.15, -0.1) is 0 Å². The molecule has 0 unspecified atom stereocenters. The molecule has 0 spiro atoms. The smallest absolute Gasteiger partial charge is 0.249 e. The minimum absolute atomic E-state index is 0.0708. The standard InChI is InChI=1S/C22H25N5O2/c28-20-15-19(21(29)23-18-9-5-2-6-10-18)24-22(25-20)27-13-11-26(12-14-27)16-17-7-3-1-4-8-17/h1-10,19H,11-16H2,(H,23,29)(H,24,25,28)/p+1/t19-/m0/s1. The summed E-state index contributed by atoms with van der Waals surface area (Å²) in [5.41, 5.74) is 2.04. The van der Waals surface area contributed by atoms with E-state index in [1.54, 1.807) is 0 Å². The van der Waals surface area contributed by atoms with Crippen LogP contribution >= 0.6 is 0 Å². The summed E-state index contributed by atoms with van der Waals surface area (Å²) >= 11 is 0. The van der Waals surface area contributed by atoms with Crippen LogP contribution in [0.4, 0.5) is 5.69 Å². The quantitative estimate of drug-likeness (QED) is 0.699. The molecule has 150 valence electrons. The lowest BCUT2D eigenvalue weighted by molar-refractivity contribution is -0.917. The Kier molecular flexibility index (Phi) is 5.86. The van der Waals surface area contributed by atoms with Crippen molar-refractivity contribution in [2.75, 3.05) is 31.5 Å². The lowest BCUT2D eigenvalue weighted by atomic mass is 10.1. The Balaban J connectivity index is 1.36. The van der Waals surface area contributed by atoms with Gasteiger partial charge in [0.1, 0.15) is 12.6 Å². The van der Waals surface area contributed by atoms with E-state index in [4.69, 9.17) is 0 Å². The minimum atomic E-state index is -0.700. The number of carbonyl (C=O) groups excluding carboxylic acids is 2. The highest BCUT2D eigenvalue weighted by molar-refractivity contribution is 6.05. The lowest BCUT2D eigenvalue weighted by Gasteiger charge is -2.35. The van der Waals surface area contributed by atoms with Crippen molar-refractivity contribution >= 4 is 23.5 Å². The Morgan fingerprint density at radius 2 is 1.72 bits per heavy atom. The summed E-state index contributed by atoms with van der Waals surface area (Å²) in [6.07, 6.45) is 0.0708. The summed E-state index contributed by atoms with van der Waals surface area (Å²) in [5, 5.41) is 5.69. The van der Waals surface area contributed by atoms with Crippen molar-refractivity contribution < 1.29 is 14.5 Å². The minimum Gasteiger partial charge on any atom is -0.331 e. The number of benzene rings is 2. The number of amides is 2. The number of guanidine groups is 1. The molecule has 2 aliphatic heterocycles. The van der Waals surface area contributed by atoms with Crippen LogP contribution in [0.2, 0.25) is 0 Å². The van der Waals surface area contributed by atoms with E-state index in [2.05, 4.69) is 44.8 Å². The van der Waals surface area contributed by atoms with Gasteiger partial charge in [-0.05, 0) is 12.1 Å². The second kappa shape index (κ2) is 8.87. The molecule has 1 atom stereocenters. The van der Waals surface area contributed by atoms with E-state index >= 15 is 0 Å². The first-order valence-electron chi connectivity index (χ1n) is 10.0. The van der Waals surface area contributed by atoms with E-state index in [1.807, 2.05) is 36.4 Å². The molecule has 2 amide bonds. The highest BCUT2D eigenvalue weighted by Crippen LogP contribution is 2.12. The van der Waals surface area contributed by atoms with Gasteiger partial charge < -0.3 is 15.1 Å². The van der Waals surface area contributed by atoms with E-state index in [-0.39, 0.29) is 18.2 Å². The van der Waals surface area contributed by atoms with Gasteiger partial charge in [0.15, 0.2) is 0 Å². The zero-order chi connectivity index (χ0) is 20.1. The van der Waals surface area contributed by atoms with Crippen molar-refractivity contribution in [3.63, 3.8) is 0 Å². The normalized spacial score (nSPS) is 20.0. The Morgan fingerprint density at radius 3 is 2.41 bits per heavy atom. The van der Waals surface area contributed by atoms with E-state index in [0.717, 1.165) is 32.7 Å². The van der Waals surface area contributed by atoms with Crippen LogP contribution < -0.4 is 15.5 Å². The summed E-state index contributed by atoms with van der Waals surface area (Å²) in [5.74, 6) is 0.104. The molecule has 2 aromatic carbocycles. The zero-order valence-corrected chi connectivity index (χ0v) is 16.3. The van der Waals surface area contributed by atoms with E-state index in [9.17, 15) is 9.59 Å². The molecule has 2 heterocycles. The third kappa shape index (κ3) is 5.00. The van der Waals surface area contributed by atoms with E-state index in [0.29, 0.717) is 11.6 Å². The molecule has 2 aliphatic rings. The van der Waals surface area contributed by atoms with Crippen LogP contribution in [0.25, 0.3) is 0 Å². The average molecular weight is 392 g/mol. The number of aliphatic imine (C=N–C) groups is 1. The number of hydrogen-bond acceptors (Lipinski definition) is 4. The largest absolute Gasteiger partial charge is 0.331 e. The van der Waals surface area contributed by atoms with Crippen molar-refractivity contribution in [2.24, 2.45) is 4.99 Å². The molecule has 1 saturated heterocycles. The maximum absolute atomic E-state index is 12.6. The second-order valence-electron chi connectivity index (χ2n) is 7.48. The van der Waals surface area contributed by atoms with Crippen LogP contribution in [0.3, 0.4) is 0 Å². The van der Waals surface area contributed by atoms with Crippen LogP contribution in [-0.2, 0) is 16.1 Å². The summed E-state index contributed by atoms with van der Waals surface area (Å²) < 4.78 is 0. The number of quaternary nitrogens is 1. The molecule has 4 rings (SSSR count). The van der Waals surface area contributed by atoms with Gasteiger partial charge in [-0.1, -0.05) is 48.5 Å². The number of hydrogen-bond donors (Lipinski definition) is 3. The monoisotopic (exact) mass is 392 g/mol. The van der Waals surface area contributed by atoms with Gasteiger partial charge in [0.2, 0.25) is 17.8 Å². The van der Waals surface area contributed by atoms with Crippen LogP contribution in [-0.4, -0.2) is 54.9 Å². The fourth-order valence-corrected chi connectivity index (χ4v) is 3.73. The maximum atomic E-state index is 12.6. The number of para-hydroxylation sites is 1. The molecular formula is C22H26N5O2+. The summed E-state index contributed by atoms with van der Waals surface area (Å²) in [4.78, 5) is 32.9. The summed E-state index contributed by atoms with van der Waals surface area (Å²) in [7, 11) is 0. The molecule has 0 saturated carbocycles. The van der Waals surface area contributed by atoms with Gasteiger partial charge in [-0.3, -0.25) is 14.9 Å². The molecule has 3 N–H and O–H groups in total. The van der Waals surface area contributed by atoms with Crippen molar-refractivity contribution in [1.29, 1.82) is 0 Å². The average Bonchev–Trinajstić information content (AvgIpc) is 2.75. The van der Waals surface area contributed by atoms with Crippen LogP contribution in [0.5, 0.6) is 0 Å². The fraction of sp³-hybridized carbons (Fsp3) is 0.318. The van der Waals surface area contributed by atoms with Crippen molar-refractivity contribution in [1.82, 2.24) is 10.2 Å². The lowest BCUT2D eigenvalue weighted by Crippen LogP contribution is -3.13. The third-order valence-corrected chi connectivity index (χ3v) is 5.32. The molecule has 7 heteroatoms. The summed E-state index contributed by atoms with van der Waals surface area (Å²) in [6, 6.07) is 19.0. The molecular weight excluding hydrogens is 366 g/mol. The molecule has 0 aliphatic carbocycles. The first-order chi connectivity index (χ1) is 14.2. The Hall–Kier alpha value is -3.19. The van der Waals surface area contributed by atoms with E-state index in [1.165, 1.54) is 10.5 Å². The van der Waals surface area contributed by atoms with Crippen LogP contribution in [0.15, 0.2) is 65.7 Å². The van der Waals surface area contributed by atoms with Gasteiger partial charge in [0.25, 0.3) is 0 Å². The zero-order valence-electron chi connectivity index (χ0n) is 16.3. The highest BCUT2D eigenvalue weighted by Gasteiger charge is 2.31. The number of piperazine rings is 1. The maximum Gasteiger partial charge on any atom is 0.249 e. The molecule has 7 nitrogen and oxygen atoms in total. The third-order valence-electron chi connectivity index (χ3n) is 5.32. The summed E-state index contributed by atoms with van der Waals surface area (Å²) in [6.45, 7) is 4.52. The second-order valence-corrected chi connectivity index (χ2v) is 7.48. The Bertz CT molecular complexity index is 877. The topological polar surface area (TPSA) is 78.2 Å². The molecule has 2 aromatic rings. The number of nitrogens with one attached hydrogen (secondary N) is 3. The van der Waals surface area contributed by atoms with Gasteiger partial charge in [0, 0.05) is 11.3 Å². The number of anilines is 1. The first-order valence-corrected chi connectivity index (χ1v) is 10.0. The number of nitrogens with zero attached hydrogens (tertiary/aromatic N) is 2. The van der Waals surface area contributed by atoms with Crippen molar-refractivity contribution in [3.8, 4) is 0 Å². The van der Waals surface area contributed by atoms with Gasteiger partial charge in [0.05, 0.1) is 32.6 Å². The number of rotatable bonds is 4. The van der Waals surface area contributed by atoms with Crippen LogP contribution in [0.1, 0.15) is 12.0 Å². The van der Waals surface area contributed by atoms with Gasteiger partial charge in [-0.2, -0.15) is 0 Å². The Morgan fingerprint density at radius 1 is 1.07 bits per heavy atom. The van der Waals surface area contributed by atoms with Gasteiger partial charge >= 0.3 is 0 Å². The molecule has 1 fully saturated rings. The van der Waals surface area contributed by atoms with Crippen molar-refractivity contribution in [2.45, 2.75) is 19.0 Å². The van der Waals surface area contributed by atoms with E-state index < -0.39 is 6.04 Å². The highest BCUT2D eigenvalue weighted by atomic mass is 16.2.